The van der Waals surface area contributed by atoms with Crippen molar-refractivity contribution in [2.45, 2.75) is 38.1 Å². The first-order valence-electron chi connectivity index (χ1n) is 16.3. The number of aromatic nitrogens is 2. The predicted octanol–water partition coefficient (Wildman–Crippen LogP) is 5.36. The Balaban J connectivity index is 1.21. The highest BCUT2D eigenvalue weighted by atomic mass is 35.5. The summed E-state index contributed by atoms with van der Waals surface area (Å²) < 4.78 is 16.0. The second-order valence-corrected chi connectivity index (χ2v) is 13.5. The van der Waals surface area contributed by atoms with Crippen LogP contribution in [0.4, 0.5) is 10.1 Å². The van der Waals surface area contributed by atoms with Gasteiger partial charge < -0.3 is 19.8 Å². The Kier molecular flexibility index (Phi) is 8.48. The van der Waals surface area contributed by atoms with Crippen molar-refractivity contribution >= 4 is 40.9 Å². The Hall–Kier alpha value is -5.03. The van der Waals surface area contributed by atoms with Crippen LogP contribution in [0.25, 0.3) is 5.69 Å². The number of anilines is 1. The molecule has 0 saturated carbocycles. The van der Waals surface area contributed by atoms with Gasteiger partial charge in [0.1, 0.15) is 11.7 Å². The minimum atomic E-state index is -1.06. The van der Waals surface area contributed by atoms with Crippen molar-refractivity contribution in [1.82, 2.24) is 19.6 Å². The van der Waals surface area contributed by atoms with Gasteiger partial charge in [-0.25, -0.2) is 13.9 Å². The summed E-state index contributed by atoms with van der Waals surface area (Å²) in [7, 11) is 1.86. The monoisotopic (exact) mass is 683 g/mol. The van der Waals surface area contributed by atoms with Gasteiger partial charge >= 0.3 is 5.97 Å². The van der Waals surface area contributed by atoms with Crippen molar-refractivity contribution in [3.63, 3.8) is 0 Å². The van der Waals surface area contributed by atoms with E-state index in [0.717, 1.165) is 42.6 Å². The lowest BCUT2D eigenvalue weighted by Gasteiger charge is -2.42. The maximum Gasteiger partial charge on any atom is 0.335 e. The van der Waals surface area contributed by atoms with Crippen LogP contribution in [0.15, 0.2) is 73.1 Å². The summed E-state index contributed by atoms with van der Waals surface area (Å²) in [5.41, 5.74) is 3.44. The van der Waals surface area contributed by atoms with Gasteiger partial charge in [-0.1, -0.05) is 41.9 Å². The first-order chi connectivity index (χ1) is 23.6. The van der Waals surface area contributed by atoms with Gasteiger partial charge in [-0.15, -0.1) is 0 Å². The molecule has 1 atom stereocenters. The molecule has 0 radical (unpaired) electrons. The maximum atomic E-state index is 14.8. The lowest BCUT2D eigenvalue weighted by atomic mass is 9.76. The number of hydrogen-bond donors (Lipinski definition) is 1. The van der Waals surface area contributed by atoms with Gasteiger partial charge in [0.05, 0.1) is 27.8 Å². The quantitative estimate of drug-likeness (QED) is 0.279. The van der Waals surface area contributed by atoms with E-state index < -0.39 is 23.7 Å². The number of carboxylic acid groups (broad SMARTS) is 1. The fourth-order valence-electron chi connectivity index (χ4n) is 7.61. The summed E-state index contributed by atoms with van der Waals surface area (Å²) in [6, 6.07) is 15.6. The lowest BCUT2D eigenvalue weighted by Crippen LogP contribution is -2.46. The van der Waals surface area contributed by atoms with Crippen molar-refractivity contribution in [3.8, 4) is 5.69 Å². The summed E-state index contributed by atoms with van der Waals surface area (Å²) in [6.45, 7) is 2.47. The molecular formula is C37H35ClFN5O5. The number of piperidine rings is 1. The van der Waals surface area contributed by atoms with E-state index in [2.05, 4.69) is 10.00 Å². The average molecular weight is 684 g/mol. The number of ketones is 1. The summed E-state index contributed by atoms with van der Waals surface area (Å²) >= 11 is 5.98. The van der Waals surface area contributed by atoms with Crippen molar-refractivity contribution in [3.05, 3.63) is 112 Å². The molecule has 10 nitrogen and oxygen atoms in total. The highest BCUT2D eigenvalue weighted by molar-refractivity contribution is 6.30. The molecule has 2 amide bonds. The highest BCUT2D eigenvalue weighted by Gasteiger charge is 2.47. The summed E-state index contributed by atoms with van der Waals surface area (Å²) in [5.74, 6) is -2.15. The van der Waals surface area contributed by atoms with E-state index in [9.17, 15) is 28.7 Å². The molecule has 2 saturated heterocycles. The first-order valence-corrected chi connectivity index (χ1v) is 16.7. The maximum absolute atomic E-state index is 14.8. The number of benzene rings is 3. The van der Waals surface area contributed by atoms with Crippen LogP contribution in [0.3, 0.4) is 0 Å². The fraction of sp³-hybridized carbons (Fsp3) is 0.324. The Labute approximate surface area is 287 Å². The topological polar surface area (TPSA) is 116 Å². The number of carboxylic acids is 1. The molecule has 0 aliphatic carbocycles. The normalized spacial score (nSPS) is 18.6. The molecule has 3 aliphatic rings. The largest absolute Gasteiger partial charge is 0.478 e. The highest BCUT2D eigenvalue weighted by Crippen LogP contribution is 2.44. The first kappa shape index (κ1) is 32.5. The molecule has 1 N–H and O–H groups in total. The van der Waals surface area contributed by atoms with Crippen LogP contribution >= 0.6 is 11.6 Å². The van der Waals surface area contributed by atoms with Crippen LogP contribution in [0, 0.1) is 11.2 Å². The molecule has 4 aromatic rings. The predicted molar refractivity (Wildman–Crippen MR) is 181 cm³/mol. The van der Waals surface area contributed by atoms with Crippen molar-refractivity contribution in [1.29, 1.82) is 0 Å². The second kappa shape index (κ2) is 12.8. The number of aromatic carboxylic acids is 1. The molecule has 7 rings (SSSR count). The molecule has 4 heterocycles. The Morgan fingerprint density at radius 3 is 2.33 bits per heavy atom. The van der Waals surface area contributed by atoms with Gasteiger partial charge in [-0.2, -0.15) is 5.10 Å². The van der Waals surface area contributed by atoms with E-state index in [1.165, 1.54) is 41.3 Å². The standard InChI is InChI=1S/C37H35ClFN5O5/c1-41-17-13-37(36(41)49)14-18-42(19-15-37)29-6-2-4-27-26(29)12-16-43(33(27)31(45)20-23-8-10-24(11-9-23)35(47)48)34(46)25-21-40-44(22-25)30-7-3-5-28(38)32(30)39/h2-11,21-22,33H,12-20H2,1H3,(H,47,48). The molecular weight excluding hydrogens is 649 g/mol. The summed E-state index contributed by atoms with van der Waals surface area (Å²) in [5, 5.41) is 13.5. The van der Waals surface area contributed by atoms with E-state index in [4.69, 9.17) is 11.6 Å². The summed E-state index contributed by atoms with van der Waals surface area (Å²) in [4.78, 5) is 58.5. The average Bonchev–Trinajstić information content (AvgIpc) is 3.70. The number of carbonyl (C=O) groups excluding carboxylic acids is 3. The number of carbonyl (C=O) groups is 4. The van der Waals surface area contributed by atoms with Gasteiger partial charge in [0, 0.05) is 51.5 Å². The van der Waals surface area contributed by atoms with Gasteiger partial charge in [0.25, 0.3) is 5.91 Å². The summed E-state index contributed by atoms with van der Waals surface area (Å²) in [6.07, 6.45) is 5.66. The number of hydrogen-bond acceptors (Lipinski definition) is 6. The molecule has 49 heavy (non-hydrogen) atoms. The Morgan fingerprint density at radius 2 is 1.63 bits per heavy atom. The van der Waals surface area contributed by atoms with E-state index in [0.29, 0.717) is 25.1 Å². The second-order valence-electron chi connectivity index (χ2n) is 13.1. The zero-order valence-corrected chi connectivity index (χ0v) is 27.7. The Morgan fingerprint density at radius 1 is 0.939 bits per heavy atom. The molecule has 12 heteroatoms. The van der Waals surface area contributed by atoms with E-state index in [1.807, 2.05) is 30.1 Å². The molecule has 252 valence electrons. The van der Waals surface area contributed by atoms with E-state index in [-0.39, 0.29) is 51.9 Å². The number of amides is 2. The number of rotatable bonds is 7. The Bertz CT molecular complexity index is 1970. The molecule has 3 aromatic carbocycles. The van der Waals surface area contributed by atoms with E-state index >= 15 is 0 Å². The van der Waals surface area contributed by atoms with Gasteiger partial charge in [-0.3, -0.25) is 14.4 Å². The smallest absolute Gasteiger partial charge is 0.335 e. The van der Waals surface area contributed by atoms with Crippen LogP contribution in [-0.4, -0.2) is 81.5 Å². The minimum Gasteiger partial charge on any atom is -0.478 e. The van der Waals surface area contributed by atoms with Gasteiger partial charge in [0.15, 0.2) is 11.6 Å². The van der Waals surface area contributed by atoms with Crippen molar-refractivity contribution < 1.29 is 28.7 Å². The van der Waals surface area contributed by atoms with Gasteiger partial charge in [0.2, 0.25) is 5.91 Å². The molecule has 0 bridgehead atoms. The molecule has 1 aromatic heterocycles. The number of halogens is 2. The third-order valence-electron chi connectivity index (χ3n) is 10.3. The minimum absolute atomic E-state index is 0.0210. The van der Waals surface area contributed by atoms with Crippen molar-refractivity contribution in [2.24, 2.45) is 5.41 Å². The molecule has 2 fully saturated rings. The van der Waals surface area contributed by atoms with Crippen molar-refractivity contribution in [2.75, 3.05) is 38.1 Å². The van der Waals surface area contributed by atoms with Crippen LogP contribution in [0.2, 0.25) is 5.02 Å². The van der Waals surface area contributed by atoms with Crippen LogP contribution in [0.1, 0.15) is 62.7 Å². The number of fused-ring (bicyclic) bond motifs is 1. The SMILES string of the molecule is CN1CCC2(CCN(c3cccc4c3CCN(C(=O)c3cnn(-c5cccc(Cl)c5F)c3)C4C(=O)Cc3ccc(C(=O)O)cc3)CC2)C1=O. The van der Waals surface area contributed by atoms with Crippen LogP contribution in [0.5, 0.6) is 0 Å². The lowest BCUT2D eigenvalue weighted by molar-refractivity contribution is -0.136. The molecule has 1 spiro atoms. The zero-order chi connectivity index (χ0) is 34.4. The number of Topliss-reactive ketones (excluding diaryl/α,β-unsaturated/α-hetero) is 1. The fourth-order valence-corrected chi connectivity index (χ4v) is 7.78. The number of likely N-dealkylation sites (tertiary alicyclic amines) is 1. The third kappa shape index (κ3) is 5.86. The van der Waals surface area contributed by atoms with Gasteiger partial charge in [-0.05, 0) is 72.7 Å². The number of nitrogens with zero attached hydrogens (tertiary/aromatic N) is 5. The zero-order valence-electron chi connectivity index (χ0n) is 26.9. The molecule has 1 unspecified atom stereocenters. The van der Waals surface area contributed by atoms with Crippen LogP contribution < -0.4 is 4.90 Å². The molecule has 3 aliphatic heterocycles. The van der Waals surface area contributed by atoms with Crippen LogP contribution in [-0.2, 0) is 22.4 Å². The van der Waals surface area contributed by atoms with E-state index in [1.54, 1.807) is 23.1 Å². The third-order valence-corrected chi connectivity index (χ3v) is 10.6.